The topological polar surface area (TPSA) is 59.4 Å². The van der Waals surface area contributed by atoms with E-state index in [-0.39, 0.29) is 12.4 Å². The number of ketones is 1. The summed E-state index contributed by atoms with van der Waals surface area (Å²) in [5, 5.41) is 8.57. The summed E-state index contributed by atoms with van der Waals surface area (Å²) in [5.74, 6) is 0.547. The number of hydrogen-bond donors (Lipinski definition) is 1. The lowest BCUT2D eigenvalue weighted by Crippen LogP contribution is -2.01. The largest absolute Gasteiger partial charge is 0.495 e. The third-order valence-corrected chi connectivity index (χ3v) is 1.83. The van der Waals surface area contributed by atoms with Gasteiger partial charge in [-0.2, -0.15) is 0 Å². The van der Waals surface area contributed by atoms with E-state index in [1.807, 2.05) is 0 Å². The lowest BCUT2D eigenvalue weighted by molar-refractivity contribution is 0.0970. The number of rotatable bonds is 5. The summed E-state index contributed by atoms with van der Waals surface area (Å²) in [7, 11) is 1.53. The van der Waals surface area contributed by atoms with Gasteiger partial charge in [0.05, 0.1) is 13.3 Å². The molecule has 1 heterocycles. The van der Waals surface area contributed by atoms with E-state index in [0.717, 1.165) is 0 Å². The number of methoxy groups -OCH3 is 1. The van der Waals surface area contributed by atoms with E-state index in [0.29, 0.717) is 24.2 Å². The second-order valence-electron chi connectivity index (χ2n) is 2.86. The highest BCUT2D eigenvalue weighted by atomic mass is 16.5. The summed E-state index contributed by atoms with van der Waals surface area (Å²) in [6.45, 7) is 0.0309. The van der Waals surface area contributed by atoms with Gasteiger partial charge in [-0.15, -0.1) is 0 Å². The van der Waals surface area contributed by atoms with Crippen LogP contribution in [0.3, 0.4) is 0 Å². The number of carbonyl (C=O) groups excluding carboxylic acids is 1. The Morgan fingerprint density at radius 3 is 3.00 bits per heavy atom. The van der Waals surface area contributed by atoms with Gasteiger partial charge in [-0.25, -0.2) is 0 Å². The Hall–Kier alpha value is -1.42. The van der Waals surface area contributed by atoms with Crippen LogP contribution < -0.4 is 4.74 Å². The van der Waals surface area contributed by atoms with Crippen molar-refractivity contribution in [2.45, 2.75) is 12.8 Å². The van der Waals surface area contributed by atoms with Crippen LogP contribution in [0.15, 0.2) is 18.5 Å². The number of ether oxygens (including phenoxy) is 1. The number of carbonyl (C=O) groups is 1. The monoisotopic (exact) mass is 195 g/mol. The molecule has 0 spiro atoms. The molecule has 0 aliphatic carbocycles. The van der Waals surface area contributed by atoms with E-state index in [1.54, 1.807) is 12.3 Å². The van der Waals surface area contributed by atoms with Crippen molar-refractivity contribution < 1.29 is 14.6 Å². The maximum absolute atomic E-state index is 11.5. The molecule has 0 amide bonds. The van der Waals surface area contributed by atoms with Crippen LogP contribution in [0.25, 0.3) is 0 Å². The minimum absolute atomic E-state index is 0.0227. The van der Waals surface area contributed by atoms with E-state index in [9.17, 15) is 4.79 Å². The van der Waals surface area contributed by atoms with Gasteiger partial charge in [-0.05, 0) is 12.5 Å². The van der Waals surface area contributed by atoms with Crippen LogP contribution in [0.1, 0.15) is 23.2 Å². The van der Waals surface area contributed by atoms with Crippen LogP contribution in [-0.2, 0) is 0 Å². The zero-order chi connectivity index (χ0) is 10.4. The molecule has 14 heavy (non-hydrogen) atoms. The molecule has 0 unspecified atom stereocenters. The van der Waals surface area contributed by atoms with Gasteiger partial charge in [0, 0.05) is 24.8 Å². The minimum Gasteiger partial charge on any atom is -0.495 e. The first-order valence-electron chi connectivity index (χ1n) is 4.41. The highest BCUT2D eigenvalue weighted by Crippen LogP contribution is 2.12. The van der Waals surface area contributed by atoms with Gasteiger partial charge in [0.25, 0.3) is 0 Å². The molecule has 0 bridgehead atoms. The second-order valence-corrected chi connectivity index (χ2v) is 2.86. The van der Waals surface area contributed by atoms with E-state index in [4.69, 9.17) is 9.84 Å². The molecule has 0 saturated heterocycles. The molecule has 0 saturated carbocycles. The molecule has 4 nitrogen and oxygen atoms in total. The van der Waals surface area contributed by atoms with E-state index in [1.165, 1.54) is 13.3 Å². The van der Waals surface area contributed by atoms with Gasteiger partial charge in [-0.3, -0.25) is 9.78 Å². The van der Waals surface area contributed by atoms with E-state index >= 15 is 0 Å². The molecular formula is C10H13NO3. The number of aromatic nitrogens is 1. The highest BCUT2D eigenvalue weighted by Gasteiger charge is 2.06. The zero-order valence-corrected chi connectivity index (χ0v) is 8.06. The van der Waals surface area contributed by atoms with Crippen molar-refractivity contribution in [1.82, 2.24) is 4.98 Å². The van der Waals surface area contributed by atoms with Crippen molar-refractivity contribution in [2.24, 2.45) is 0 Å². The number of hydrogen-bond acceptors (Lipinski definition) is 4. The molecular weight excluding hydrogens is 182 g/mol. The summed E-state index contributed by atoms with van der Waals surface area (Å²) in [5.41, 5.74) is 0.526. The predicted molar refractivity (Wildman–Crippen MR) is 51.4 cm³/mol. The van der Waals surface area contributed by atoms with Gasteiger partial charge in [0.2, 0.25) is 0 Å². The summed E-state index contributed by atoms with van der Waals surface area (Å²) >= 11 is 0. The van der Waals surface area contributed by atoms with Gasteiger partial charge in [0.15, 0.2) is 5.78 Å². The average molecular weight is 195 g/mol. The highest BCUT2D eigenvalue weighted by molar-refractivity contribution is 5.96. The quantitative estimate of drug-likeness (QED) is 0.713. The lowest BCUT2D eigenvalue weighted by Gasteiger charge is -2.02. The SMILES string of the molecule is COc1cncc(C(=O)CCCO)c1. The van der Waals surface area contributed by atoms with Crippen molar-refractivity contribution in [3.05, 3.63) is 24.0 Å². The van der Waals surface area contributed by atoms with Crippen LogP contribution in [0.4, 0.5) is 0 Å². The molecule has 0 fully saturated rings. The van der Waals surface area contributed by atoms with Crippen molar-refractivity contribution in [2.75, 3.05) is 13.7 Å². The standard InChI is InChI=1S/C10H13NO3/c1-14-9-5-8(6-11-7-9)10(13)3-2-4-12/h5-7,12H,2-4H2,1H3. The van der Waals surface area contributed by atoms with Crippen LogP contribution in [0, 0.1) is 0 Å². The average Bonchev–Trinajstić information content (AvgIpc) is 2.26. The number of aliphatic hydroxyl groups is 1. The molecule has 76 valence electrons. The van der Waals surface area contributed by atoms with Gasteiger partial charge < -0.3 is 9.84 Å². The molecule has 1 aromatic heterocycles. The Kier molecular flexibility index (Phi) is 4.07. The Morgan fingerprint density at radius 2 is 2.36 bits per heavy atom. The Bertz CT molecular complexity index is 312. The summed E-state index contributed by atoms with van der Waals surface area (Å²) < 4.78 is 4.95. The fourth-order valence-corrected chi connectivity index (χ4v) is 1.07. The molecule has 1 aromatic rings. The normalized spacial score (nSPS) is 9.86. The molecule has 0 aliphatic rings. The smallest absolute Gasteiger partial charge is 0.164 e. The predicted octanol–water partition coefficient (Wildman–Crippen LogP) is 1.05. The van der Waals surface area contributed by atoms with Crippen LogP contribution in [-0.4, -0.2) is 29.6 Å². The Labute approximate surface area is 82.5 Å². The summed E-state index contributed by atoms with van der Waals surface area (Å²) in [4.78, 5) is 15.3. The molecule has 1 N–H and O–H groups in total. The molecule has 0 atom stereocenters. The van der Waals surface area contributed by atoms with Crippen molar-refractivity contribution in [1.29, 1.82) is 0 Å². The maximum atomic E-state index is 11.5. The fraction of sp³-hybridized carbons (Fsp3) is 0.400. The Morgan fingerprint density at radius 1 is 1.57 bits per heavy atom. The minimum atomic E-state index is -0.0227. The maximum Gasteiger partial charge on any atom is 0.164 e. The molecule has 1 rings (SSSR count). The third-order valence-electron chi connectivity index (χ3n) is 1.83. The molecule has 0 radical (unpaired) electrons. The number of nitrogens with zero attached hydrogens (tertiary/aromatic N) is 1. The van der Waals surface area contributed by atoms with Crippen LogP contribution in [0.2, 0.25) is 0 Å². The van der Waals surface area contributed by atoms with Crippen LogP contribution in [0.5, 0.6) is 5.75 Å². The van der Waals surface area contributed by atoms with Crippen molar-refractivity contribution in [3.8, 4) is 5.75 Å². The second kappa shape index (κ2) is 5.34. The summed E-state index contributed by atoms with van der Waals surface area (Å²) in [6.07, 6.45) is 3.87. The first kappa shape index (κ1) is 10.7. The van der Waals surface area contributed by atoms with Crippen LogP contribution >= 0.6 is 0 Å². The molecule has 0 aromatic carbocycles. The van der Waals surface area contributed by atoms with E-state index in [2.05, 4.69) is 4.98 Å². The number of Topliss-reactive ketones (excluding diaryl/α,β-unsaturated/α-hetero) is 1. The number of pyridine rings is 1. The van der Waals surface area contributed by atoms with Crippen molar-refractivity contribution >= 4 is 5.78 Å². The number of aliphatic hydroxyl groups excluding tert-OH is 1. The Balaban J connectivity index is 2.69. The fourth-order valence-electron chi connectivity index (χ4n) is 1.07. The van der Waals surface area contributed by atoms with Gasteiger partial charge >= 0.3 is 0 Å². The first-order chi connectivity index (χ1) is 6.77. The molecule has 4 heteroatoms. The van der Waals surface area contributed by atoms with E-state index < -0.39 is 0 Å². The van der Waals surface area contributed by atoms with Gasteiger partial charge in [0.1, 0.15) is 5.75 Å². The first-order valence-corrected chi connectivity index (χ1v) is 4.41. The van der Waals surface area contributed by atoms with Crippen molar-refractivity contribution in [3.63, 3.8) is 0 Å². The summed E-state index contributed by atoms with van der Waals surface area (Å²) in [6, 6.07) is 1.65. The lowest BCUT2D eigenvalue weighted by atomic mass is 10.1. The molecule has 0 aliphatic heterocycles. The third kappa shape index (κ3) is 2.81. The zero-order valence-electron chi connectivity index (χ0n) is 8.06. The van der Waals surface area contributed by atoms with Gasteiger partial charge in [-0.1, -0.05) is 0 Å².